The third kappa shape index (κ3) is 7.72. The summed E-state index contributed by atoms with van der Waals surface area (Å²) in [7, 11) is 5.21. The second-order valence-corrected chi connectivity index (χ2v) is 16.8. The Morgan fingerprint density at radius 1 is 1.05 bits per heavy atom. The molecular weight excluding hydrogens is 764 g/mol. The van der Waals surface area contributed by atoms with Crippen LogP contribution in [0, 0.1) is 17.8 Å². The number of aliphatic hydroxyl groups excluding tert-OH is 1. The van der Waals surface area contributed by atoms with E-state index >= 15 is 0 Å². The van der Waals surface area contributed by atoms with E-state index in [4.69, 9.17) is 26.1 Å². The molecule has 2 saturated carbocycles. The van der Waals surface area contributed by atoms with Gasteiger partial charge in [0.25, 0.3) is 6.43 Å². The number of aliphatic hydroxyl groups is 1. The van der Waals surface area contributed by atoms with E-state index in [2.05, 4.69) is 37.1 Å². The summed E-state index contributed by atoms with van der Waals surface area (Å²) < 4.78 is 39.2. The van der Waals surface area contributed by atoms with Crippen LogP contribution in [0.15, 0.2) is 60.8 Å². The predicted octanol–water partition coefficient (Wildman–Crippen LogP) is 8.53. The van der Waals surface area contributed by atoms with Crippen molar-refractivity contribution < 1.29 is 28.2 Å². The normalized spacial score (nSPS) is 21.7. The van der Waals surface area contributed by atoms with Crippen molar-refractivity contribution >= 4 is 40.1 Å². The van der Waals surface area contributed by atoms with Gasteiger partial charge in [0.2, 0.25) is 5.88 Å². The van der Waals surface area contributed by atoms with Crippen LogP contribution in [-0.4, -0.2) is 87.8 Å². The van der Waals surface area contributed by atoms with Crippen LogP contribution in [0.2, 0.25) is 5.02 Å². The van der Waals surface area contributed by atoms with Crippen LogP contribution >= 0.6 is 11.6 Å². The van der Waals surface area contributed by atoms with Gasteiger partial charge >= 0.3 is 5.97 Å². The number of hydrogen-bond donors (Lipinski definition) is 2. The maximum absolute atomic E-state index is 14.1. The quantitative estimate of drug-likeness (QED) is 0.111. The SMILES string of the molecule is COC(=O)C12CCC(CN(C)Cc3ccc(-c4cccc(-c5cccc(Nc6nc(C(F)F)nc7cc(CN8CC[C@@H](O)C8)cnc67)c5C)c4Cl)nc3OC)(CC1)C2. The first-order valence-corrected chi connectivity index (χ1v) is 20.1. The lowest BCUT2D eigenvalue weighted by atomic mass is 9.82. The fourth-order valence-corrected chi connectivity index (χ4v) is 9.89. The number of esters is 1. The highest BCUT2D eigenvalue weighted by atomic mass is 35.5. The van der Waals surface area contributed by atoms with Crippen molar-refractivity contribution in [2.75, 3.05) is 46.2 Å². The van der Waals surface area contributed by atoms with Gasteiger partial charge in [0.15, 0.2) is 11.6 Å². The Hall–Kier alpha value is -4.82. The number of rotatable bonds is 13. The van der Waals surface area contributed by atoms with Crippen molar-refractivity contribution in [3.8, 4) is 28.3 Å². The van der Waals surface area contributed by atoms with Crippen molar-refractivity contribution in [1.29, 1.82) is 0 Å². The summed E-state index contributed by atoms with van der Waals surface area (Å²) in [5, 5.41) is 13.7. The molecule has 14 heteroatoms. The van der Waals surface area contributed by atoms with Gasteiger partial charge in [-0.3, -0.25) is 14.7 Å². The Morgan fingerprint density at radius 2 is 1.81 bits per heavy atom. The Kier molecular flexibility index (Phi) is 11.1. The maximum atomic E-state index is 14.1. The molecule has 2 N–H and O–H groups in total. The van der Waals surface area contributed by atoms with Crippen LogP contribution in [0.5, 0.6) is 5.88 Å². The van der Waals surface area contributed by atoms with Gasteiger partial charge in [-0.1, -0.05) is 48.0 Å². The number of anilines is 2. The van der Waals surface area contributed by atoms with Crippen molar-refractivity contribution in [3.05, 3.63) is 88.3 Å². The number of methoxy groups -OCH3 is 2. The van der Waals surface area contributed by atoms with Gasteiger partial charge in [0, 0.05) is 61.3 Å². The third-order valence-corrected chi connectivity index (χ3v) is 12.8. The average molecular weight is 812 g/mol. The average Bonchev–Trinajstić information content (AvgIpc) is 3.92. The lowest BCUT2D eigenvalue weighted by Crippen LogP contribution is -2.32. The van der Waals surface area contributed by atoms with E-state index in [0.717, 1.165) is 78.6 Å². The second-order valence-electron chi connectivity index (χ2n) is 16.4. The number of carbonyl (C=O) groups excluding carboxylic acids is 1. The van der Waals surface area contributed by atoms with Gasteiger partial charge in [0.1, 0.15) is 5.52 Å². The molecule has 2 aliphatic carbocycles. The molecule has 3 aromatic heterocycles. The standard InChI is InChI=1S/C44H48ClF2N7O4/c1-26-30(7-6-10-33(26)49-39-37-35(50-40(52-39)38(46)47)19-27(20-48-37)21-54-18-13-29(55)23-54)31-8-5-9-32(36(31)45)34-12-11-28(41(51-34)57-3)22-53(2)25-43-14-16-44(24-43,17-15-43)42(56)58-4/h5-12,19-20,29,38,55H,13-18,21-25H2,1-4H3,(H,49,50,52)/t29-,43?,44?/m1/s1. The lowest BCUT2D eigenvalue weighted by molar-refractivity contribution is -0.152. The van der Waals surface area contributed by atoms with Gasteiger partial charge in [0.05, 0.1) is 42.0 Å². The molecule has 4 heterocycles. The maximum Gasteiger partial charge on any atom is 0.311 e. The number of likely N-dealkylation sites (tertiary alicyclic amines) is 1. The predicted molar refractivity (Wildman–Crippen MR) is 219 cm³/mol. The van der Waals surface area contributed by atoms with Crippen LogP contribution in [0.25, 0.3) is 33.4 Å². The third-order valence-electron chi connectivity index (χ3n) is 12.4. The smallest absolute Gasteiger partial charge is 0.311 e. The van der Waals surface area contributed by atoms with Gasteiger partial charge in [-0.25, -0.2) is 23.7 Å². The minimum Gasteiger partial charge on any atom is -0.481 e. The fraction of sp³-hybridized carbons (Fsp3) is 0.432. The molecule has 0 amide bonds. The number of nitrogens with one attached hydrogen (secondary N) is 1. The highest BCUT2D eigenvalue weighted by Gasteiger charge is 2.58. The zero-order valence-electron chi connectivity index (χ0n) is 33.2. The largest absolute Gasteiger partial charge is 0.481 e. The zero-order chi connectivity index (χ0) is 40.8. The molecule has 1 saturated heterocycles. The first kappa shape index (κ1) is 40.0. The van der Waals surface area contributed by atoms with Gasteiger partial charge in [-0.2, -0.15) is 0 Å². The number of aromatic nitrogens is 4. The van der Waals surface area contributed by atoms with Gasteiger partial charge in [-0.05, 0) is 92.8 Å². The summed E-state index contributed by atoms with van der Waals surface area (Å²) in [6, 6.07) is 17.2. The summed E-state index contributed by atoms with van der Waals surface area (Å²) in [6.07, 6.45) is 3.85. The molecule has 304 valence electrons. The molecule has 11 nitrogen and oxygen atoms in total. The number of β-amino-alcohol motifs (C(OH)–C–C–N with tert-alkyl or cyclic N) is 1. The van der Waals surface area contributed by atoms with E-state index in [1.807, 2.05) is 55.5 Å². The van der Waals surface area contributed by atoms with E-state index in [1.54, 1.807) is 19.4 Å². The number of hydrogen-bond acceptors (Lipinski definition) is 11. The number of alkyl halides is 2. The van der Waals surface area contributed by atoms with Crippen LogP contribution in [0.4, 0.5) is 20.3 Å². The van der Waals surface area contributed by atoms with Gasteiger partial charge in [-0.15, -0.1) is 0 Å². The molecule has 0 radical (unpaired) electrons. The molecule has 0 spiro atoms. The molecule has 8 rings (SSSR count). The topological polar surface area (TPSA) is 126 Å². The van der Waals surface area contributed by atoms with Crippen molar-refractivity contribution in [2.24, 2.45) is 10.8 Å². The Bertz CT molecular complexity index is 2360. The number of benzene rings is 2. The molecule has 2 aromatic carbocycles. The van der Waals surface area contributed by atoms with Crippen LogP contribution in [0.1, 0.15) is 67.5 Å². The first-order chi connectivity index (χ1) is 27.9. The molecule has 5 aromatic rings. The molecule has 2 bridgehead atoms. The minimum atomic E-state index is -2.88. The number of pyridine rings is 2. The van der Waals surface area contributed by atoms with Crippen molar-refractivity contribution in [3.63, 3.8) is 0 Å². The van der Waals surface area contributed by atoms with Gasteiger partial charge < -0.3 is 24.8 Å². The molecule has 1 atom stereocenters. The molecular formula is C44H48ClF2N7O4. The second kappa shape index (κ2) is 16.1. The summed E-state index contributed by atoms with van der Waals surface area (Å²) in [5.74, 6) is 0.0298. The number of carbonyl (C=O) groups is 1. The first-order valence-electron chi connectivity index (χ1n) is 19.7. The van der Waals surface area contributed by atoms with Crippen molar-refractivity contribution in [1.82, 2.24) is 29.7 Å². The summed E-state index contributed by atoms with van der Waals surface area (Å²) in [4.78, 5) is 34.9. The molecule has 3 fully saturated rings. The molecule has 1 aliphatic heterocycles. The highest BCUT2D eigenvalue weighted by molar-refractivity contribution is 6.36. The minimum absolute atomic E-state index is 0.0665. The summed E-state index contributed by atoms with van der Waals surface area (Å²) in [6.45, 7) is 5.28. The fourth-order valence-electron chi connectivity index (χ4n) is 9.56. The van der Waals surface area contributed by atoms with E-state index in [9.17, 15) is 18.7 Å². The van der Waals surface area contributed by atoms with E-state index in [-0.39, 0.29) is 28.7 Å². The Balaban J connectivity index is 1.03. The Morgan fingerprint density at radius 3 is 2.53 bits per heavy atom. The van der Waals surface area contributed by atoms with Crippen LogP contribution in [0.3, 0.4) is 0 Å². The number of halogens is 3. The molecule has 0 unspecified atom stereocenters. The summed E-state index contributed by atoms with van der Waals surface area (Å²) in [5.41, 5.74) is 6.71. The molecule has 3 aliphatic rings. The lowest BCUT2D eigenvalue weighted by Gasteiger charge is -2.32. The molecule has 58 heavy (non-hydrogen) atoms. The van der Waals surface area contributed by atoms with Crippen LogP contribution < -0.4 is 10.1 Å². The van der Waals surface area contributed by atoms with Crippen molar-refractivity contribution in [2.45, 2.75) is 71.1 Å². The number of fused-ring (bicyclic) bond motifs is 3. The van der Waals surface area contributed by atoms with E-state index in [0.29, 0.717) is 59.4 Å². The number of ether oxygens (including phenoxy) is 2. The van der Waals surface area contributed by atoms with E-state index < -0.39 is 12.2 Å². The number of nitrogens with zero attached hydrogens (tertiary/aromatic N) is 6. The zero-order valence-corrected chi connectivity index (χ0v) is 34.0. The Labute approximate surface area is 341 Å². The monoisotopic (exact) mass is 811 g/mol. The summed E-state index contributed by atoms with van der Waals surface area (Å²) >= 11 is 7.20. The van der Waals surface area contributed by atoms with E-state index in [1.165, 1.54) is 7.11 Å². The van der Waals surface area contributed by atoms with Crippen LogP contribution in [-0.2, 0) is 22.6 Å². The highest BCUT2D eigenvalue weighted by Crippen LogP contribution is 2.62.